The van der Waals surface area contributed by atoms with Crippen LogP contribution in [-0.2, 0) is 10.1 Å². The van der Waals surface area contributed by atoms with Gasteiger partial charge in [0.15, 0.2) is 0 Å². The Kier molecular flexibility index (Phi) is 4.58. The lowest BCUT2D eigenvalue weighted by molar-refractivity contribution is 0.0589. The summed E-state index contributed by atoms with van der Waals surface area (Å²) in [7, 11) is 1.10. The highest BCUT2D eigenvalue weighted by Gasteiger charge is 2.23. The van der Waals surface area contributed by atoms with Crippen LogP contribution in [0.4, 0.5) is 8.78 Å². The van der Waals surface area contributed by atoms with E-state index >= 15 is 0 Å². The van der Waals surface area contributed by atoms with E-state index in [9.17, 15) is 13.6 Å². The van der Waals surface area contributed by atoms with E-state index in [-0.39, 0.29) is 11.1 Å². The highest BCUT2D eigenvalue weighted by molar-refractivity contribution is 9.08. The molecule has 1 aromatic rings. The van der Waals surface area contributed by atoms with Crippen LogP contribution in [0.25, 0.3) is 0 Å². The molecule has 0 aromatic heterocycles. The zero-order chi connectivity index (χ0) is 13.0. The van der Waals surface area contributed by atoms with Gasteiger partial charge in [0.05, 0.1) is 24.3 Å². The van der Waals surface area contributed by atoms with E-state index < -0.39 is 18.0 Å². The first kappa shape index (κ1) is 13.6. The first-order valence-electron chi connectivity index (χ1n) is 4.54. The maximum Gasteiger partial charge on any atom is 0.338 e. The molecule has 3 nitrogen and oxygen atoms in total. The van der Waals surface area contributed by atoms with Crippen molar-refractivity contribution in [1.82, 2.24) is 0 Å². The van der Waals surface area contributed by atoms with Gasteiger partial charge in [-0.1, -0.05) is 15.9 Å². The number of hydrogen-bond donors (Lipinski definition) is 0. The van der Waals surface area contributed by atoms with Crippen molar-refractivity contribution in [2.45, 2.75) is 11.8 Å². The van der Waals surface area contributed by atoms with Crippen molar-refractivity contribution in [3.8, 4) is 6.07 Å². The lowest BCUT2D eigenvalue weighted by Gasteiger charge is -2.10. The second-order valence-electron chi connectivity index (χ2n) is 3.14. The zero-order valence-electron chi connectivity index (χ0n) is 8.84. The molecular weight excluding hydrogens is 296 g/mol. The topological polar surface area (TPSA) is 50.1 Å². The number of ether oxygens (including phenoxy) is 1. The Hall–Kier alpha value is -1.48. The van der Waals surface area contributed by atoms with Crippen LogP contribution in [0.3, 0.4) is 0 Å². The fourth-order valence-corrected chi connectivity index (χ4v) is 1.72. The largest absolute Gasteiger partial charge is 0.465 e. The lowest BCUT2D eigenvalue weighted by atomic mass is 9.99. The van der Waals surface area contributed by atoms with Gasteiger partial charge in [0.25, 0.3) is 6.43 Å². The molecule has 0 saturated heterocycles. The lowest BCUT2D eigenvalue weighted by Crippen LogP contribution is -2.09. The fraction of sp³-hybridized carbons (Fsp3) is 0.273. The van der Waals surface area contributed by atoms with Gasteiger partial charge in [-0.2, -0.15) is 5.26 Å². The Morgan fingerprint density at radius 3 is 2.65 bits per heavy atom. The van der Waals surface area contributed by atoms with Crippen molar-refractivity contribution >= 4 is 21.9 Å². The van der Waals surface area contributed by atoms with Gasteiger partial charge in [-0.05, 0) is 17.7 Å². The number of carbonyl (C=O) groups is 1. The van der Waals surface area contributed by atoms with Crippen LogP contribution in [0.1, 0.15) is 33.5 Å². The zero-order valence-corrected chi connectivity index (χ0v) is 10.4. The summed E-state index contributed by atoms with van der Waals surface area (Å²) in [6, 6.07) is 4.28. The number of halogens is 3. The highest BCUT2D eigenvalue weighted by atomic mass is 79.9. The van der Waals surface area contributed by atoms with Crippen LogP contribution in [0, 0.1) is 11.3 Å². The molecule has 1 rings (SSSR count). The first-order valence-corrected chi connectivity index (χ1v) is 5.66. The monoisotopic (exact) mass is 303 g/mol. The van der Waals surface area contributed by atoms with Crippen LogP contribution < -0.4 is 0 Å². The number of nitriles is 1. The molecule has 1 aromatic carbocycles. The summed E-state index contributed by atoms with van der Waals surface area (Å²) in [5, 5.41) is 9.17. The van der Waals surface area contributed by atoms with E-state index in [4.69, 9.17) is 5.26 Å². The van der Waals surface area contributed by atoms with Crippen LogP contribution in [-0.4, -0.2) is 13.1 Å². The number of nitrogens with zero attached hydrogens (tertiary/aromatic N) is 1. The molecular formula is C11H8BrF2NO2. The predicted octanol–water partition coefficient (Wildman–Crippen LogP) is 3.18. The van der Waals surface area contributed by atoms with Gasteiger partial charge in [-0.25, -0.2) is 13.6 Å². The van der Waals surface area contributed by atoms with Gasteiger partial charge < -0.3 is 4.74 Å². The second kappa shape index (κ2) is 5.73. The smallest absolute Gasteiger partial charge is 0.338 e. The Labute approximate surface area is 105 Å². The average Bonchev–Trinajstić information content (AvgIpc) is 2.35. The number of esters is 1. The molecule has 0 spiro atoms. The van der Waals surface area contributed by atoms with Crippen molar-refractivity contribution in [3.63, 3.8) is 0 Å². The molecule has 17 heavy (non-hydrogen) atoms. The average molecular weight is 304 g/mol. The molecule has 0 unspecified atom stereocenters. The summed E-state index contributed by atoms with van der Waals surface area (Å²) in [5.41, 5.74) is -0.497. The van der Waals surface area contributed by atoms with Crippen molar-refractivity contribution < 1.29 is 18.3 Å². The maximum atomic E-state index is 12.8. The van der Waals surface area contributed by atoms with Gasteiger partial charge in [0, 0.05) is 10.9 Å². The molecule has 6 heteroatoms. The highest BCUT2D eigenvalue weighted by Crippen LogP contribution is 2.29. The summed E-state index contributed by atoms with van der Waals surface area (Å²) >= 11 is 3.14. The number of carbonyl (C=O) groups excluding carboxylic acids is 1. The van der Waals surface area contributed by atoms with Crippen LogP contribution in [0.5, 0.6) is 0 Å². The number of methoxy groups -OCH3 is 1. The molecule has 0 saturated carbocycles. The van der Waals surface area contributed by atoms with Gasteiger partial charge in [0.2, 0.25) is 0 Å². The molecule has 0 aliphatic carbocycles. The molecule has 0 amide bonds. The van der Waals surface area contributed by atoms with Gasteiger partial charge >= 0.3 is 5.97 Å². The van der Waals surface area contributed by atoms with Crippen LogP contribution >= 0.6 is 15.9 Å². The number of rotatable bonds is 3. The number of hydrogen-bond acceptors (Lipinski definition) is 3. The SMILES string of the molecule is COC(=O)c1cc(CBr)cc(C#N)c1C(F)F. The summed E-state index contributed by atoms with van der Waals surface area (Å²) in [6.45, 7) is 0. The third kappa shape index (κ3) is 2.80. The molecule has 0 N–H and O–H groups in total. The van der Waals surface area contributed by atoms with Crippen LogP contribution in [0.15, 0.2) is 12.1 Å². The van der Waals surface area contributed by atoms with Gasteiger partial charge in [-0.3, -0.25) is 0 Å². The predicted molar refractivity (Wildman–Crippen MR) is 60.1 cm³/mol. The normalized spacial score (nSPS) is 10.1. The minimum Gasteiger partial charge on any atom is -0.465 e. The Morgan fingerprint density at radius 1 is 1.59 bits per heavy atom. The van der Waals surface area contributed by atoms with Gasteiger partial charge in [-0.15, -0.1) is 0 Å². The van der Waals surface area contributed by atoms with Crippen molar-refractivity contribution in [3.05, 3.63) is 34.4 Å². The third-order valence-corrected chi connectivity index (χ3v) is 2.79. The molecule has 0 aliphatic heterocycles. The Balaban J connectivity index is 3.53. The summed E-state index contributed by atoms with van der Waals surface area (Å²) in [6.07, 6.45) is -2.90. The molecule has 0 fully saturated rings. The molecule has 0 atom stereocenters. The molecule has 0 aliphatic rings. The number of alkyl halides is 3. The van der Waals surface area contributed by atoms with Crippen molar-refractivity contribution in [1.29, 1.82) is 5.26 Å². The van der Waals surface area contributed by atoms with E-state index in [1.807, 2.05) is 0 Å². The first-order chi connectivity index (χ1) is 8.04. The quantitative estimate of drug-likeness (QED) is 0.636. The third-order valence-electron chi connectivity index (χ3n) is 2.14. The van der Waals surface area contributed by atoms with E-state index in [0.717, 1.165) is 7.11 Å². The number of benzene rings is 1. The second-order valence-corrected chi connectivity index (χ2v) is 3.70. The summed E-state index contributed by atoms with van der Waals surface area (Å²) in [4.78, 5) is 11.4. The van der Waals surface area contributed by atoms with Crippen molar-refractivity contribution in [2.24, 2.45) is 0 Å². The van der Waals surface area contributed by atoms with E-state index in [0.29, 0.717) is 10.9 Å². The van der Waals surface area contributed by atoms with Crippen LogP contribution in [0.2, 0.25) is 0 Å². The minimum absolute atomic E-state index is 0.211. The van der Waals surface area contributed by atoms with E-state index in [2.05, 4.69) is 20.7 Å². The van der Waals surface area contributed by atoms with Gasteiger partial charge in [0.1, 0.15) is 0 Å². The summed E-state index contributed by atoms with van der Waals surface area (Å²) < 4.78 is 30.1. The standard InChI is InChI=1S/C11H8BrF2NO2/c1-17-11(16)8-3-6(4-12)2-7(5-15)9(8)10(13)14/h2-3,10H,4H2,1H3. The Morgan fingerprint density at radius 2 is 2.24 bits per heavy atom. The fourth-order valence-electron chi connectivity index (χ4n) is 1.40. The maximum absolute atomic E-state index is 12.8. The Bertz CT molecular complexity index is 483. The molecule has 90 valence electrons. The van der Waals surface area contributed by atoms with E-state index in [1.165, 1.54) is 12.1 Å². The van der Waals surface area contributed by atoms with E-state index in [1.54, 1.807) is 6.07 Å². The molecule has 0 bridgehead atoms. The molecule has 0 radical (unpaired) electrons. The molecule has 0 heterocycles. The minimum atomic E-state index is -2.90. The summed E-state index contributed by atoms with van der Waals surface area (Å²) in [5.74, 6) is -0.875. The van der Waals surface area contributed by atoms with Crippen molar-refractivity contribution in [2.75, 3.05) is 7.11 Å².